The summed E-state index contributed by atoms with van der Waals surface area (Å²) >= 11 is 0. The third-order valence-corrected chi connectivity index (χ3v) is 4.72. The fourth-order valence-electron chi connectivity index (χ4n) is 3.39. The summed E-state index contributed by atoms with van der Waals surface area (Å²) in [6.45, 7) is 7.30. The Balaban J connectivity index is 1.33. The smallest absolute Gasteiger partial charge is 0.254 e. The maximum Gasteiger partial charge on any atom is 0.254 e. The van der Waals surface area contributed by atoms with Crippen molar-refractivity contribution in [3.05, 3.63) is 48.2 Å². The van der Waals surface area contributed by atoms with Crippen LogP contribution < -0.4 is 4.90 Å². The van der Waals surface area contributed by atoms with E-state index in [1.807, 2.05) is 29.9 Å². The molecular weight excluding hydrogens is 314 g/mol. The number of aromatic nitrogens is 5. The van der Waals surface area contributed by atoms with Gasteiger partial charge in [-0.1, -0.05) is 6.07 Å². The molecule has 0 unspecified atom stereocenters. The van der Waals surface area contributed by atoms with Crippen molar-refractivity contribution in [3.63, 3.8) is 0 Å². The molecule has 1 aliphatic rings. The van der Waals surface area contributed by atoms with Crippen LogP contribution in [-0.2, 0) is 6.42 Å². The van der Waals surface area contributed by atoms with Gasteiger partial charge in [0.05, 0.1) is 0 Å². The predicted octanol–water partition coefficient (Wildman–Crippen LogP) is 1.58. The van der Waals surface area contributed by atoms with Crippen molar-refractivity contribution in [3.8, 4) is 0 Å². The summed E-state index contributed by atoms with van der Waals surface area (Å²) in [5.41, 5.74) is 2.30. The number of anilines is 1. The average Bonchev–Trinajstić information content (AvgIpc) is 3.11. The Morgan fingerprint density at radius 1 is 1.16 bits per heavy atom. The second-order valence-electron chi connectivity index (χ2n) is 6.52. The zero-order chi connectivity index (χ0) is 17.1. The van der Waals surface area contributed by atoms with Crippen molar-refractivity contribution < 1.29 is 0 Å². The van der Waals surface area contributed by atoms with Crippen LogP contribution in [0.25, 0.3) is 5.78 Å². The largest absolute Gasteiger partial charge is 0.354 e. The molecule has 1 aliphatic heterocycles. The first-order chi connectivity index (χ1) is 12.3. The lowest BCUT2D eigenvalue weighted by atomic mass is 10.1. The lowest BCUT2D eigenvalue weighted by Gasteiger charge is -2.36. The fourth-order valence-corrected chi connectivity index (χ4v) is 3.39. The van der Waals surface area contributed by atoms with Crippen LogP contribution in [0, 0.1) is 6.92 Å². The normalized spacial score (nSPS) is 15.8. The lowest BCUT2D eigenvalue weighted by Crippen LogP contribution is -2.47. The summed E-state index contributed by atoms with van der Waals surface area (Å²) in [4.78, 5) is 17.7. The SMILES string of the molecule is Cc1cc(N2CCN(CCCc3cccnc3)CC2)n2ncnc2n1. The number of rotatable bonds is 5. The molecule has 0 saturated carbocycles. The van der Waals surface area contributed by atoms with Crippen LogP contribution in [0.2, 0.25) is 0 Å². The fraction of sp³-hybridized carbons (Fsp3) is 0.444. The Bertz CT molecular complexity index is 822. The summed E-state index contributed by atoms with van der Waals surface area (Å²) in [7, 11) is 0. The van der Waals surface area contributed by atoms with Crippen LogP contribution in [0.15, 0.2) is 36.9 Å². The van der Waals surface area contributed by atoms with E-state index in [1.165, 1.54) is 12.0 Å². The van der Waals surface area contributed by atoms with Crippen LogP contribution >= 0.6 is 0 Å². The van der Waals surface area contributed by atoms with Gasteiger partial charge >= 0.3 is 0 Å². The molecule has 25 heavy (non-hydrogen) atoms. The number of pyridine rings is 1. The van der Waals surface area contributed by atoms with E-state index in [1.54, 1.807) is 6.33 Å². The molecule has 3 aromatic rings. The molecule has 130 valence electrons. The van der Waals surface area contributed by atoms with Crippen molar-refractivity contribution >= 4 is 11.6 Å². The van der Waals surface area contributed by atoms with Crippen LogP contribution in [0.1, 0.15) is 17.7 Å². The van der Waals surface area contributed by atoms with Gasteiger partial charge < -0.3 is 4.90 Å². The molecule has 7 heteroatoms. The molecule has 0 aromatic carbocycles. The summed E-state index contributed by atoms with van der Waals surface area (Å²) in [6, 6.07) is 6.26. The number of hydrogen-bond acceptors (Lipinski definition) is 6. The molecule has 0 aliphatic carbocycles. The van der Waals surface area contributed by atoms with Gasteiger partial charge in [-0.3, -0.25) is 9.88 Å². The molecule has 3 aromatic heterocycles. The minimum Gasteiger partial charge on any atom is -0.354 e. The maximum atomic E-state index is 4.42. The summed E-state index contributed by atoms with van der Waals surface area (Å²) in [5, 5.41) is 4.32. The molecule has 0 atom stereocenters. The van der Waals surface area contributed by atoms with Gasteiger partial charge in [-0.25, -0.2) is 4.98 Å². The van der Waals surface area contributed by atoms with Gasteiger partial charge in [0.25, 0.3) is 5.78 Å². The van der Waals surface area contributed by atoms with Crippen molar-refractivity contribution in [2.75, 3.05) is 37.6 Å². The molecule has 0 amide bonds. The highest BCUT2D eigenvalue weighted by Crippen LogP contribution is 2.18. The molecule has 0 spiro atoms. The number of aryl methyl sites for hydroxylation is 2. The first kappa shape index (κ1) is 16.0. The van der Waals surface area contributed by atoms with E-state index in [0.717, 1.165) is 50.7 Å². The Labute approximate surface area is 147 Å². The standard InChI is InChI=1S/C18H23N7/c1-15-12-17(25-18(22-15)20-14-21-25)24-10-8-23(9-11-24)7-3-5-16-4-2-6-19-13-16/h2,4,6,12-14H,3,5,7-11H2,1H3. The maximum absolute atomic E-state index is 4.42. The number of piperazine rings is 1. The first-order valence-corrected chi connectivity index (χ1v) is 8.83. The Morgan fingerprint density at radius 2 is 2.04 bits per heavy atom. The Morgan fingerprint density at radius 3 is 2.84 bits per heavy atom. The van der Waals surface area contributed by atoms with Crippen molar-refractivity contribution in [2.45, 2.75) is 19.8 Å². The van der Waals surface area contributed by atoms with E-state index in [-0.39, 0.29) is 0 Å². The van der Waals surface area contributed by atoms with Crippen LogP contribution in [0.4, 0.5) is 5.82 Å². The second-order valence-corrected chi connectivity index (χ2v) is 6.52. The summed E-state index contributed by atoms with van der Waals surface area (Å²) < 4.78 is 1.84. The van der Waals surface area contributed by atoms with Crippen molar-refractivity contribution in [2.24, 2.45) is 0 Å². The van der Waals surface area contributed by atoms with Crippen LogP contribution in [-0.4, -0.2) is 62.2 Å². The monoisotopic (exact) mass is 337 g/mol. The van der Waals surface area contributed by atoms with E-state index >= 15 is 0 Å². The van der Waals surface area contributed by atoms with E-state index < -0.39 is 0 Å². The zero-order valence-corrected chi connectivity index (χ0v) is 14.5. The van der Waals surface area contributed by atoms with Crippen molar-refractivity contribution in [1.82, 2.24) is 29.5 Å². The summed E-state index contributed by atoms with van der Waals surface area (Å²) in [6.07, 6.45) is 7.63. The molecule has 1 saturated heterocycles. The van der Waals surface area contributed by atoms with Crippen molar-refractivity contribution in [1.29, 1.82) is 0 Å². The average molecular weight is 337 g/mol. The zero-order valence-electron chi connectivity index (χ0n) is 14.5. The van der Waals surface area contributed by atoms with Gasteiger partial charge in [0, 0.05) is 50.3 Å². The molecule has 4 rings (SSSR count). The highest BCUT2D eigenvalue weighted by atomic mass is 15.4. The lowest BCUT2D eigenvalue weighted by molar-refractivity contribution is 0.254. The third kappa shape index (κ3) is 3.61. The van der Waals surface area contributed by atoms with Gasteiger partial charge in [-0.05, 0) is 37.9 Å². The quantitative estimate of drug-likeness (QED) is 0.704. The van der Waals surface area contributed by atoms with Gasteiger partial charge in [0.15, 0.2) is 0 Å². The summed E-state index contributed by atoms with van der Waals surface area (Å²) in [5.74, 6) is 1.77. The van der Waals surface area contributed by atoms with Gasteiger partial charge in [0.1, 0.15) is 12.1 Å². The highest BCUT2D eigenvalue weighted by Gasteiger charge is 2.20. The molecule has 0 bridgehead atoms. The topological polar surface area (TPSA) is 62.5 Å². The molecule has 0 N–H and O–H groups in total. The van der Waals surface area contributed by atoms with Crippen LogP contribution in [0.3, 0.4) is 0 Å². The number of hydrogen-bond donors (Lipinski definition) is 0. The van der Waals surface area contributed by atoms with E-state index in [2.05, 4.69) is 42.0 Å². The Hall–Kier alpha value is -2.54. The number of nitrogens with zero attached hydrogens (tertiary/aromatic N) is 7. The van der Waals surface area contributed by atoms with E-state index in [0.29, 0.717) is 5.78 Å². The minimum absolute atomic E-state index is 0.675. The van der Waals surface area contributed by atoms with Gasteiger partial charge in [0.2, 0.25) is 0 Å². The second kappa shape index (κ2) is 7.14. The molecule has 0 radical (unpaired) electrons. The Kier molecular flexibility index (Phi) is 4.56. The van der Waals surface area contributed by atoms with Gasteiger partial charge in [-0.2, -0.15) is 14.6 Å². The third-order valence-electron chi connectivity index (χ3n) is 4.72. The minimum atomic E-state index is 0.675. The highest BCUT2D eigenvalue weighted by molar-refractivity contribution is 5.47. The molecule has 7 nitrogen and oxygen atoms in total. The van der Waals surface area contributed by atoms with E-state index in [9.17, 15) is 0 Å². The molecular formula is C18H23N7. The van der Waals surface area contributed by atoms with E-state index in [4.69, 9.17) is 0 Å². The molecule has 4 heterocycles. The first-order valence-electron chi connectivity index (χ1n) is 8.83. The van der Waals surface area contributed by atoms with Crippen LogP contribution in [0.5, 0.6) is 0 Å². The molecule has 1 fully saturated rings. The number of fused-ring (bicyclic) bond motifs is 1. The van der Waals surface area contributed by atoms with Gasteiger partial charge in [-0.15, -0.1) is 0 Å². The predicted molar refractivity (Wildman–Crippen MR) is 96.7 cm³/mol.